The third kappa shape index (κ3) is 3.22. The molecule has 0 aliphatic heterocycles. The molecule has 0 aliphatic carbocycles. The predicted molar refractivity (Wildman–Crippen MR) is 88.1 cm³/mol. The lowest BCUT2D eigenvalue weighted by molar-refractivity contribution is 0.300. The molecule has 0 aliphatic rings. The van der Waals surface area contributed by atoms with Gasteiger partial charge in [-0.3, -0.25) is 0 Å². The SMILES string of the molecule is COc1ccc(OCCn2ccc3ccc(Br)cc32)cc1. The van der Waals surface area contributed by atoms with Crippen LogP contribution in [-0.4, -0.2) is 18.3 Å². The second kappa shape index (κ2) is 6.22. The number of hydrogen-bond acceptors (Lipinski definition) is 2. The zero-order valence-electron chi connectivity index (χ0n) is 11.8. The quantitative estimate of drug-likeness (QED) is 0.679. The smallest absolute Gasteiger partial charge is 0.119 e. The fourth-order valence-corrected chi connectivity index (χ4v) is 2.63. The summed E-state index contributed by atoms with van der Waals surface area (Å²) in [6.07, 6.45) is 2.09. The first-order valence-electron chi connectivity index (χ1n) is 6.77. The average molecular weight is 346 g/mol. The fraction of sp³-hybridized carbons (Fsp3) is 0.176. The lowest BCUT2D eigenvalue weighted by Crippen LogP contribution is -2.07. The van der Waals surface area contributed by atoms with Crippen molar-refractivity contribution in [3.8, 4) is 11.5 Å². The highest BCUT2D eigenvalue weighted by Gasteiger charge is 2.02. The Morgan fingerprint density at radius 3 is 2.52 bits per heavy atom. The first kappa shape index (κ1) is 14.0. The highest BCUT2D eigenvalue weighted by atomic mass is 79.9. The van der Waals surface area contributed by atoms with Crippen LogP contribution in [0.4, 0.5) is 0 Å². The van der Waals surface area contributed by atoms with E-state index in [0.29, 0.717) is 6.61 Å². The van der Waals surface area contributed by atoms with Gasteiger partial charge in [-0.05, 0) is 47.9 Å². The lowest BCUT2D eigenvalue weighted by Gasteiger charge is -2.09. The monoisotopic (exact) mass is 345 g/mol. The van der Waals surface area contributed by atoms with Gasteiger partial charge in [0.15, 0.2) is 0 Å². The second-order valence-corrected chi connectivity index (χ2v) is 5.65. The molecule has 0 unspecified atom stereocenters. The summed E-state index contributed by atoms with van der Waals surface area (Å²) in [7, 11) is 1.66. The van der Waals surface area contributed by atoms with E-state index in [2.05, 4.69) is 51.0 Å². The zero-order valence-corrected chi connectivity index (χ0v) is 13.3. The van der Waals surface area contributed by atoms with Gasteiger partial charge in [0.25, 0.3) is 0 Å². The van der Waals surface area contributed by atoms with E-state index in [9.17, 15) is 0 Å². The Morgan fingerprint density at radius 1 is 1.00 bits per heavy atom. The van der Waals surface area contributed by atoms with Crippen molar-refractivity contribution in [3.63, 3.8) is 0 Å². The highest BCUT2D eigenvalue weighted by molar-refractivity contribution is 9.10. The molecule has 0 N–H and O–H groups in total. The molecule has 1 aromatic heterocycles. The first-order valence-corrected chi connectivity index (χ1v) is 7.57. The molecular weight excluding hydrogens is 330 g/mol. The van der Waals surface area contributed by atoms with Gasteiger partial charge in [0.05, 0.1) is 13.7 Å². The maximum absolute atomic E-state index is 5.77. The molecule has 0 saturated heterocycles. The standard InChI is InChI=1S/C17H16BrNO2/c1-20-15-4-6-16(7-5-15)21-11-10-19-9-8-13-2-3-14(18)12-17(13)19/h2-9,12H,10-11H2,1H3. The number of ether oxygens (including phenoxy) is 2. The van der Waals surface area contributed by atoms with Gasteiger partial charge < -0.3 is 14.0 Å². The van der Waals surface area contributed by atoms with Gasteiger partial charge >= 0.3 is 0 Å². The topological polar surface area (TPSA) is 23.4 Å². The molecule has 21 heavy (non-hydrogen) atoms. The van der Waals surface area contributed by atoms with Crippen molar-refractivity contribution in [2.45, 2.75) is 6.54 Å². The minimum Gasteiger partial charge on any atom is -0.497 e. The molecule has 0 spiro atoms. The van der Waals surface area contributed by atoms with Crippen molar-refractivity contribution in [1.29, 1.82) is 0 Å². The summed E-state index contributed by atoms with van der Waals surface area (Å²) in [6, 6.07) is 16.1. The fourth-order valence-electron chi connectivity index (χ4n) is 2.29. The van der Waals surface area contributed by atoms with Crippen LogP contribution in [0.1, 0.15) is 0 Å². The van der Waals surface area contributed by atoms with E-state index < -0.39 is 0 Å². The van der Waals surface area contributed by atoms with Crippen LogP contribution in [0.15, 0.2) is 59.2 Å². The minimum atomic E-state index is 0.628. The highest BCUT2D eigenvalue weighted by Crippen LogP contribution is 2.21. The van der Waals surface area contributed by atoms with Crippen molar-refractivity contribution < 1.29 is 9.47 Å². The molecule has 108 valence electrons. The van der Waals surface area contributed by atoms with Gasteiger partial charge in [-0.1, -0.05) is 22.0 Å². The summed E-state index contributed by atoms with van der Waals surface area (Å²) in [5.41, 5.74) is 1.21. The third-order valence-electron chi connectivity index (χ3n) is 3.40. The Labute approximate surface area is 132 Å². The lowest BCUT2D eigenvalue weighted by atomic mass is 10.2. The van der Waals surface area contributed by atoms with Gasteiger partial charge in [0.1, 0.15) is 18.1 Å². The van der Waals surface area contributed by atoms with E-state index >= 15 is 0 Å². The Morgan fingerprint density at radius 2 is 1.76 bits per heavy atom. The molecule has 3 nitrogen and oxygen atoms in total. The van der Waals surface area contributed by atoms with E-state index in [1.807, 2.05) is 24.3 Å². The van der Waals surface area contributed by atoms with E-state index in [4.69, 9.17) is 9.47 Å². The predicted octanol–water partition coefficient (Wildman–Crippen LogP) is 4.49. The molecule has 3 rings (SSSR count). The number of halogens is 1. The largest absolute Gasteiger partial charge is 0.497 e. The van der Waals surface area contributed by atoms with Crippen LogP contribution in [0, 0.1) is 0 Å². The van der Waals surface area contributed by atoms with Crippen LogP contribution in [0.2, 0.25) is 0 Å². The molecule has 0 bridgehead atoms. The Hall–Kier alpha value is -1.94. The maximum Gasteiger partial charge on any atom is 0.119 e. The summed E-state index contributed by atoms with van der Waals surface area (Å²) < 4.78 is 14.2. The van der Waals surface area contributed by atoms with Crippen LogP contribution in [0.25, 0.3) is 10.9 Å². The van der Waals surface area contributed by atoms with Crippen molar-refractivity contribution in [2.75, 3.05) is 13.7 Å². The van der Waals surface area contributed by atoms with Crippen LogP contribution in [0.3, 0.4) is 0 Å². The molecule has 0 radical (unpaired) electrons. The van der Waals surface area contributed by atoms with Crippen LogP contribution in [0.5, 0.6) is 11.5 Å². The molecule has 0 amide bonds. The van der Waals surface area contributed by atoms with Crippen LogP contribution in [-0.2, 0) is 6.54 Å². The van der Waals surface area contributed by atoms with E-state index in [1.165, 1.54) is 10.9 Å². The van der Waals surface area contributed by atoms with Gasteiger partial charge in [0.2, 0.25) is 0 Å². The number of hydrogen-bond donors (Lipinski definition) is 0. The van der Waals surface area contributed by atoms with Crippen LogP contribution >= 0.6 is 15.9 Å². The molecule has 3 aromatic rings. The van der Waals surface area contributed by atoms with Crippen molar-refractivity contribution in [1.82, 2.24) is 4.57 Å². The Bertz CT molecular complexity index is 734. The number of rotatable bonds is 5. The summed E-state index contributed by atoms with van der Waals surface area (Å²) in [4.78, 5) is 0. The Balaban J connectivity index is 1.64. The second-order valence-electron chi connectivity index (χ2n) is 4.74. The van der Waals surface area contributed by atoms with Crippen molar-refractivity contribution in [2.24, 2.45) is 0 Å². The number of aromatic nitrogens is 1. The van der Waals surface area contributed by atoms with Crippen molar-refractivity contribution in [3.05, 3.63) is 59.2 Å². The van der Waals surface area contributed by atoms with Crippen LogP contribution < -0.4 is 9.47 Å². The molecular formula is C17H16BrNO2. The molecule has 2 aromatic carbocycles. The summed E-state index contributed by atoms with van der Waals surface area (Å²) in [5, 5.41) is 1.24. The zero-order chi connectivity index (χ0) is 14.7. The number of benzene rings is 2. The molecule has 0 saturated carbocycles. The maximum atomic E-state index is 5.77. The first-order chi connectivity index (χ1) is 10.3. The van der Waals surface area contributed by atoms with E-state index in [1.54, 1.807) is 7.11 Å². The third-order valence-corrected chi connectivity index (χ3v) is 3.89. The normalized spacial score (nSPS) is 10.8. The van der Waals surface area contributed by atoms with Crippen molar-refractivity contribution >= 4 is 26.8 Å². The van der Waals surface area contributed by atoms with Gasteiger partial charge in [-0.15, -0.1) is 0 Å². The summed E-state index contributed by atoms with van der Waals surface area (Å²) >= 11 is 3.51. The number of methoxy groups -OCH3 is 1. The summed E-state index contributed by atoms with van der Waals surface area (Å²) in [6.45, 7) is 1.44. The van der Waals surface area contributed by atoms with Gasteiger partial charge in [-0.25, -0.2) is 0 Å². The van der Waals surface area contributed by atoms with E-state index in [-0.39, 0.29) is 0 Å². The number of fused-ring (bicyclic) bond motifs is 1. The number of nitrogens with zero attached hydrogens (tertiary/aromatic N) is 1. The average Bonchev–Trinajstić information content (AvgIpc) is 2.90. The van der Waals surface area contributed by atoms with Gasteiger partial charge in [-0.2, -0.15) is 0 Å². The van der Waals surface area contributed by atoms with E-state index in [0.717, 1.165) is 22.5 Å². The van der Waals surface area contributed by atoms with Gasteiger partial charge in [0, 0.05) is 16.2 Å². The molecule has 0 fully saturated rings. The summed E-state index contributed by atoms with van der Waals surface area (Å²) in [5.74, 6) is 1.69. The molecule has 0 atom stereocenters. The molecule has 1 heterocycles. The Kier molecular flexibility index (Phi) is 4.15. The molecule has 4 heteroatoms. The minimum absolute atomic E-state index is 0.628.